The molecule has 2 N–H and O–H groups in total. The van der Waals surface area contributed by atoms with Crippen molar-refractivity contribution in [3.8, 4) is 0 Å². The quantitative estimate of drug-likeness (QED) is 0.273. The van der Waals surface area contributed by atoms with Crippen LogP contribution >= 0.6 is 24.0 Å². The summed E-state index contributed by atoms with van der Waals surface area (Å²) < 4.78 is 8.20. The molecular formula is C21H31IN4O. The number of hydrogen-bond acceptors (Lipinski definition) is 2. The molecule has 0 bridgehead atoms. The number of hydrogen-bond donors (Lipinski definition) is 2. The second-order valence-corrected chi connectivity index (χ2v) is 6.84. The Labute approximate surface area is 179 Å². The van der Waals surface area contributed by atoms with E-state index in [0.29, 0.717) is 0 Å². The number of aromatic nitrogens is 1. The van der Waals surface area contributed by atoms with Gasteiger partial charge >= 0.3 is 0 Å². The molecule has 0 spiro atoms. The highest BCUT2D eigenvalue weighted by Gasteiger charge is 2.19. The maximum absolute atomic E-state index is 6.15. The van der Waals surface area contributed by atoms with Crippen LogP contribution in [0.4, 0.5) is 0 Å². The van der Waals surface area contributed by atoms with E-state index in [1.165, 1.54) is 29.5 Å². The third-order valence-electron chi connectivity index (χ3n) is 4.82. The van der Waals surface area contributed by atoms with Gasteiger partial charge in [0, 0.05) is 46.2 Å². The number of halogens is 1. The summed E-state index contributed by atoms with van der Waals surface area (Å²) in [6.45, 7) is 2.39. The molecule has 5 nitrogen and oxygen atoms in total. The Balaban J connectivity index is 0.00000261. The van der Waals surface area contributed by atoms with Crippen molar-refractivity contribution in [2.24, 2.45) is 12.0 Å². The summed E-state index contributed by atoms with van der Waals surface area (Å²) in [6, 6.07) is 10.8. The third-order valence-corrected chi connectivity index (χ3v) is 4.82. The fraction of sp³-hybridized carbons (Fsp3) is 0.476. The Morgan fingerprint density at radius 3 is 2.89 bits per heavy atom. The lowest BCUT2D eigenvalue weighted by molar-refractivity contribution is 0.0398. The van der Waals surface area contributed by atoms with E-state index in [9.17, 15) is 0 Å². The molecule has 0 saturated carbocycles. The normalized spacial score (nSPS) is 16.4. The third kappa shape index (κ3) is 6.53. The van der Waals surface area contributed by atoms with Gasteiger partial charge in [0.25, 0.3) is 0 Å². The number of aliphatic imine (C=N–C) groups is 1. The zero-order chi connectivity index (χ0) is 18.2. The first kappa shape index (κ1) is 21.8. The Kier molecular flexibility index (Phi) is 9.14. The van der Waals surface area contributed by atoms with Crippen LogP contribution in [0.1, 0.15) is 42.1 Å². The predicted octanol–water partition coefficient (Wildman–Crippen LogP) is 3.79. The average Bonchev–Trinajstić information content (AvgIpc) is 3.09. The minimum Gasteiger partial charge on any atom is -0.373 e. The Morgan fingerprint density at radius 1 is 1.26 bits per heavy atom. The SMILES string of the molecule is CN=C(NCCCOC1CCCc2ccccc21)NCc1ccn(C)c1.I. The van der Waals surface area contributed by atoms with Gasteiger partial charge in [-0.15, -0.1) is 24.0 Å². The van der Waals surface area contributed by atoms with Gasteiger partial charge in [0.1, 0.15) is 0 Å². The van der Waals surface area contributed by atoms with Crippen LogP contribution in [0.25, 0.3) is 0 Å². The molecule has 148 valence electrons. The Hall–Kier alpha value is -1.54. The van der Waals surface area contributed by atoms with Crippen LogP contribution in [-0.2, 0) is 24.8 Å². The minimum absolute atomic E-state index is 0. The fourth-order valence-electron chi connectivity index (χ4n) is 3.46. The molecule has 1 heterocycles. The van der Waals surface area contributed by atoms with Crippen LogP contribution in [0.3, 0.4) is 0 Å². The lowest BCUT2D eigenvalue weighted by Gasteiger charge is -2.25. The van der Waals surface area contributed by atoms with Gasteiger partial charge in [-0.25, -0.2) is 0 Å². The van der Waals surface area contributed by atoms with E-state index in [1.807, 2.05) is 17.8 Å². The molecule has 1 aliphatic carbocycles. The van der Waals surface area contributed by atoms with Crippen LogP contribution in [0.2, 0.25) is 0 Å². The fourth-order valence-corrected chi connectivity index (χ4v) is 3.46. The van der Waals surface area contributed by atoms with Crippen LogP contribution < -0.4 is 10.6 Å². The maximum atomic E-state index is 6.15. The summed E-state index contributed by atoms with van der Waals surface area (Å²) in [5.74, 6) is 0.830. The van der Waals surface area contributed by atoms with Gasteiger partial charge < -0.3 is 19.9 Å². The molecule has 3 rings (SSSR count). The second kappa shape index (κ2) is 11.3. The number of fused-ring (bicyclic) bond motifs is 1. The summed E-state index contributed by atoms with van der Waals surface area (Å²) in [5, 5.41) is 6.69. The van der Waals surface area contributed by atoms with Crippen molar-refractivity contribution in [1.29, 1.82) is 0 Å². The summed E-state index contributed by atoms with van der Waals surface area (Å²) in [5.41, 5.74) is 4.08. The van der Waals surface area contributed by atoms with Crippen molar-refractivity contribution in [1.82, 2.24) is 15.2 Å². The lowest BCUT2D eigenvalue weighted by atomic mass is 9.89. The summed E-state index contributed by atoms with van der Waals surface area (Å²) in [6.07, 6.45) is 8.91. The molecule has 0 saturated heterocycles. The van der Waals surface area contributed by atoms with E-state index < -0.39 is 0 Å². The summed E-state index contributed by atoms with van der Waals surface area (Å²) >= 11 is 0. The molecule has 6 heteroatoms. The molecule has 0 amide bonds. The number of rotatable bonds is 7. The van der Waals surface area contributed by atoms with Crippen LogP contribution in [0.5, 0.6) is 0 Å². The van der Waals surface area contributed by atoms with Crippen LogP contribution in [0, 0.1) is 0 Å². The van der Waals surface area contributed by atoms with E-state index in [4.69, 9.17) is 4.74 Å². The molecule has 1 unspecified atom stereocenters. The van der Waals surface area contributed by atoms with Crippen molar-refractivity contribution in [2.45, 2.75) is 38.3 Å². The first-order chi connectivity index (χ1) is 12.8. The van der Waals surface area contributed by atoms with Gasteiger partial charge in [0.05, 0.1) is 6.10 Å². The highest BCUT2D eigenvalue weighted by atomic mass is 127. The summed E-state index contributed by atoms with van der Waals surface area (Å²) in [7, 11) is 3.83. The monoisotopic (exact) mass is 482 g/mol. The Bertz CT molecular complexity index is 728. The molecule has 1 aliphatic rings. The van der Waals surface area contributed by atoms with Gasteiger partial charge in [-0.3, -0.25) is 4.99 Å². The Morgan fingerprint density at radius 2 is 2.11 bits per heavy atom. The smallest absolute Gasteiger partial charge is 0.191 e. The second-order valence-electron chi connectivity index (χ2n) is 6.84. The number of benzene rings is 1. The molecular weight excluding hydrogens is 451 g/mol. The van der Waals surface area contributed by atoms with E-state index in [2.05, 4.69) is 52.2 Å². The van der Waals surface area contributed by atoms with Gasteiger partial charge in [-0.1, -0.05) is 24.3 Å². The minimum atomic E-state index is 0. The van der Waals surface area contributed by atoms with Crippen molar-refractivity contribution >= 4 is 29.9 Å². The first-order valence-electron chi connectivity index (χ1n) is 9.51. The van der Waals surface area contributed by atoms with Gasteiger partial charge in [-0.2, -0.15) is 0 Å². The van der Waals surface area contributed by atoms with Crippen molar-refractivity contribution in [3.63, 3.8) is 0 Å². The molecule has 0 radical (unpaired) electrons. The van der Waals surface area contributed by atoms with Gasteiger partial charge in [-0.05, 0) is 48.4 Å². The zero-order valence-electron chi connectivity index (χ0n) is 16.3. The molecule has 0 aliphatic heterocycles. The van der Waals surface area contributed by atoms with E-state index in [0.717, 1.165) is 38.5 Å². The van der Waals surface area contributed by atoms with Gasteiger partial charge in [0.15, 0.2) is 5.96 Å². The highest BCUT2D eigenvalue weighted by Crippen LogP contribution is 2.32. The van der Waals surface area contributed by atoms with E-state index >= 15 is 0 Å². The molecule has 1 aromatic heterocycles. The highest BCUT2D eigenvalue weighted by molar-refractivity contribution is 14.0. The number of guanidine groups is 1. The number of nitrogens with zero attached hydrogens (tertiary/aromatic N) is 2. The molecule has 1 aromatic carbocycles. The standard InChI is InChI=1S/C21H30N4O.HI/c1-22-21(24-15-17-11-13-25(2)16-17)23-12-6-14-26-20-10-5-8-18-7-3-4-9-19(18)20;/h3-4,7,9,11,13,16,20H,5-6,8,10,12,14-15H2,1-2H3,(H2,22,23,24);1H. The van der Waals surface area contributed by atoms with Crippen LogP contribution in [-0.4, -0.2) is 30.7 Å². The van der Waals surface area contributed by atoms with Crippen LogP contribution in [0.15, 0.2) is 47.7 Å². The predicted molar refractivity (Wildman–Crippen MR) is 122 cm³/mol. The molecule has 0 fully saturated rings. The number of nitrogens with one attached hydrogen (secondary N) is 2. The summed E-state index contributed by atoms with van der Waals surface area (Å²) in [4.78, 5) is 4.27. The maximum Gasteiger partial charge on any atom is 0.191 e. The largest absolute Gasteiger partial charge is 0.373 e. The first-order valence-corrected chi connectivity index (χ1v) is 9.51. The average molecular weight is 482 g/mol. The van der Waals surface area contributed by atoms with E-state index in [-0.39, 0.29) is 30.1 Å². The zero-order valence-corrected chi connectivity index (χ0v) is 18.6. The lowest BCUT2D eigenvalue weighted by Crippen LogP contribution is -2.37. The molecule has 27 heavy (non-hydrogen) atoms. The number of aryl methyl sites for hydroxylation is 2. The topological polar surface area (TPSA) is 50.6 Å². The van der Waals surface area contributed by atoms with Crippen molar-refractivity contribution < 1.29 is 4.74 Å². The molecule has 1 atom stereocenters. The van der Waals surface area contributed by atoms with Crippen molar-refractivity contribution in [3.05, 3.63) is 59.4 Å². The number of ether oxygens (including phenoxy) is 1. The van der Waals surface area contributed by atoms with Crippen molar-refractivity contribution in [2.75, 3.05) is 20.2 Å². The molecule has 2 aromatic rings. The van der Waals surface area contributed by atoms with Gasteiger partial charge in [0.2, 0.25) is 0 Å². The van der Waals surface area contributed by atoms with E-state index in [1.54, 1.807) is 7.05 Å².